The molecule has 0 saturated carbocycles. The number of hydrogen-bond acceptors (Lipinski definition) is 5. The largest absolute Gasteiger partial charge is 0.495 e. The second-order valence-electron chi connectivity index (χ2n) is 6.62. The van der Waals surface area contributed by atoms with E-state index in [1.54, 1.807) is 24.3 Å². The molecule has 160 valence electrons. The summed E-state index contributed by atoms with van der Waals surface area (Å²) in [5, 5.41) is 5.53. The van der Waals surface area contributed by atoms with Crippen molar-refractivity contribution in [3.8, 4) is 5.75 Å². The first kappa shape index (κ1) is 22.9. The van der Waals surface area contributed by atoms with Crippen molar-refractivity contribution < 1.29 is 23.9 Å². The van der Waals surface area contributed by atoms with E-state index in [2.05, 4.69) is 10.6 Å². The van der Waals surface area contributed by atoms with E-state index in [0.717, 1.165) is 29.7 Å². The normalized spacial score (nSPS) is 10.2. The Morgan fingerprint density at radius 2 is 1.50 bits per heavy atom. The molecule has 0 heterocycles. The first-order chi connectivity index (χ1) is 14.5. The van der Waals surface area contributed by atoms with Crippen molar-refractivity contribution in [1.29, 1.82) is 0 Å². The molecule has 0 aliphatic rings. The molecule has 0 aliphatic heterocycles. The monoisotopic (exact) mass is 412 g/mol. The average molecular weight is 412 g/mol. The maximum Gasteiger partial charge on any atom is 0.306 e. The van der Waals surface area contributed by atoms with Gasteiger partial charge < -0.3 is 20.1 Å². The number of para-hydroxylation sites is 3. The summed E-state index contributed by atoms with van der Waals surface area (Å²) < 4.78 is 10.2. The molecule has 0 unspecified atom stereocenters. The fourth-order valence-electron chi connectivity index (χ4n) is 2.97. The molecule has 7 heteroatoms. The Morgan fingerprint density at radius 3 is 2.13 bits per heavy atom. The van der Waals surface area contributed by atoms with Crippen LogP contribution in [0.3, 0.4) is 0 Å². The molecular weight excluding hydrogens is 384 g/mol. The zero-order valence-electron chi connectivity index (χ0n) is 17.6. The van der Waals surface area contributed by atoms with Gasteiger partial charge in [-0.05, 0) is 36.1 Å². The lowest BCUT2D eigenvalue weighted by molar-refractivity contribution is -0.147. The van der Waals surface area contributed by atoms with E-state index in [9.17, 15) is 14.4 Å². The van der Waals surface area contributed by atoms with Gasteiger partial charge >= 0.3 is 5.97 Å². The predicted molar refractivity (Wildman–Crippen MR) is 116 cm³/mol. The highest BCUT2D eigenvalue weighted by Crippen LogP contribution is 2.23. The minimum Gasteiger partial charge on any atom is -0.495 e. The number of rotatable bonds is 10. The summed E-state index contributed by atoms with van der Waals surface area (Å²) in [5.74, 6) is -0.827. The summed E-state index contributed by atoms with van der Waals surface area (Å²) in [7, 11) is 1.51. The summed E-state index contributed by atoms with van der Waals surface area (Å²) in [6, 6.07) is 12.9. The van der Waals surface area contributed by atoms with Gasteiger partial charge in [-0.2, -0.15) is 0 Å². The van der Waals surface area contributed by atoms with Gasteiger partial charge in [0.25, 0.3) is 5.91 Å². The Morgan fingerprint density at radius 1 is 0.833 bits per heavy atom. The number of benzene rings is 2. The highest BCUT2D eigenvalue weighted by molar-refractivity contribution is 5.95. The second-order valence-corrected chi connectivity index (χ2v) is 6.62. The standard InChI is InChI=1S/C23H28N2O5/c1-4-16-9-8-10-17(5-2)23(16)25-21(27)15-30-22(28)14-13-20(26)24-18-11-6-7-12-19(18)29-3/h6-12H,4-5,13-15H2,1-3H3,(H,24,26)(H,25,27). The van der Waals surface area contributed by atoms with Crippen LogP contribution in [0.1, 0.15) is 37.8 Å². The number of anilines is 2. The second kappa shape index (κ2) is 11.6. The number of amides is 2. The summed E-state index contributed by atoms with van der Waals surface area (Å²) in [4.78, 5) is 36.2. The molecule has 0 saturated heterocycles. The Bertz CT molecular complexity index is 873. The molecule has 30 heavy (non-hydrogen) atoms. The van der Waals surface area contributed by atoms with Gasteiger partial charge in [-0.3, -0.25) is 14.4 Å². The quantitative estimate of drug-likeness (QED) is 0.580. The molecule has 7 nitrogen and oxygen atoms in total. The van der Waals surface area contributed by atoms with Crippen LogP contribution < -0.4 is 15.4 Å². The lowest BCUT2D eigenvalue weighted by Gasteiger charge is -2.14. The summed E-state index contributed by atoms with van der Waals surface area (Å²) in [6.07, 6.45) is 1.38. The maximum atomic E-state index is 12.2. The predicted octanol–water partition coefficient (Wildman–Crippen LogP) is 3.72. The highest BCUT2D eigenvalue weighted by atomic mass is 16.5. The molecule has 2 aromatic carbocycles. The highest BCUT2D eigenvalue weighted by Gasteiger charge is 2.14. The molecule has 0 radical (unpaired) electrons. The number of carbonyl (C=O) groups excluding carboxylic acids is 3. The Hall–Kier alpha value is -3.35. The van der Waals surface area contributed by atoms with Crippen LogP contribution in [0.15, 0.2) is 42.5 Å². The number of hydrogen-bond donors (Lipinski definition) is 2. The fourth-order valence-corrected chi connectivity index (χ4v) is 2.97. The first-order valence-electron chi connectivity index (χ1n) is 9.97. The van der Waals surface area contributed by atoms with E-state index in [0.29, 0.717) is 11.4 Å². The van der Waals surface area contributed by atoms with Gasteiger partial charge in [0.05, 0.1) is 19.2 Å². The number of aryl methyl sites for hydroxylation is 2. The van der Waals surface area contributed by atoms with E-state index in [1.807, 2.05) is 32.0 Å². The van der Waals surface area contributed by atoms with E-state index in [1.165, 1.54) is 7.11 Å². The number of methoxy groups -OCH3 is 1. The van der Waals surface area contributed by atoms with E-state index in [-0.39, 0.29) is 18.7 Å². The molecule has 0 aromatic heterocycles. The van der Waals surface area contributed by atoms with Crippen molar-refractivity contribution in [1.82, 2.24) is 0 Å². The molecule has 0 atom stereocenters. The third kappa shape index (κ3) is 6.62. The first-order valence-corrected chi connectivity index (χ1v) is 9.97. The number of ether oxygens (including phenoxy) is 2. The summed E-state index contributed by atoms with van der Waals surface area (Å²) in [5.41, 5.74) is 3.36. The molecule has 0 aliphatic carbocycles. The van der Waals surface area contributed by atoms with Crippen LogP contribution in [-0.4, -0.2) is 31.5 Å². The van der Waals surface area contributed by atoms with Gasteiger partial charge in [0.15, 0.2) is 6.61 Å². The topological polar surface area (TPSA) is 93.7 Å². The summed E-state index contributed by atoms with van der Waals surface area (Å²) >= 11 is 0. The zero-order valence-corrected chi connectivity index (χ0v) is 17.6. The van der Waals surface area contributed by atoms with Gasteiger partial charge in [-0.15, -0.1) is 0 Å². The zero-order chi connectivity index (χ0) is 21.9. The number of carbonyl (C=O) groups is 3. The van der Waals surface area contributed by atoms with Crippen LogP contribution in [0, 0.1) is 0 Å². The Kier molecular flexibility index (Phi) is 8.87. The number of esters is 1. The molecule has 0 fully saturated rings. The van der Waals surface area contributed by atoms with Gasteiger partial charge in [-0.25, -0.2) is 0 Å². The van der Waals surface area contributed by atoms with Crippen LogP contribution in [0.4, 0.5) is 11.4 Å². The third-order valence-electron chi connectivity index (χ3n) is 4.56. The number of nitrogens with one attached hydrogen (secondary N) is 2. The third-order valence-corrected chi connectivity index (χ3v) is 4.56. The molecule has 0 spiro atoms. The van der Waals surface area contributed by atoms with Crippen LogP contribution in [-0.2, 0) is 32.0 Å². The lowest BCUT2D eigenvalue weighted by atomic mass is 10.0. The van der Waals surface area contributed by atoms with E-state index >= 15 is 0 Å². The smallest absolute Gasteiger partial charge is 0.306 e. The van der Waals surface area contributed by atoms with Gasteiger partial charge in [0.1, 0.15) is 5.75 Å². The van der Waals surface area contributed by atoms with Crippen LogP contribution in [0.25, 0.3) is 0 Å². The molecule has 2 aromatic rings. The fraction of sp³-hybridized carbons (Fsp3) is 0.348. The minimum atomic E-state index is -0.611. The molecule has 2 rings (SSSR count). The van der Waals surface area contributed by atoms with E-state index in [4.69, 9.17) is 9.47 Å². The van der Waals surface area contributed by atoms with Gasteiger partial charge in [0, 0.05) is 12.1 Å². The van der Waals surface area contributed by atoms with Crippen molar-refractivity contribution in [3.63, 3.8) is 0 Å². The van der Waals surface area contributed by atoms with Crippen molar-refractivity contribution in [3.05, 3.63) is 53.6 Å². The Labute approximate surface area is 176 Å². The van der Waals surface area contributed by atoms with Crippen molar-refractivity contribution >= 4 is 29.2 Å². The molecular formula is C23H28N2O5. The Balaban J connectivity index is 1.79. The van der Waals surface area contributed by atoms with Crippen LogP contribution in [0.5, 0.6) is 5.75 Å². The van der Waals surface area contributed by atoms with E-state index < -0.39 is 18.5 Å². The summed E-state index contributed by atoms with van der Waals surface area (Å²) in [6.45, 7) is 3.63. The van der Waals surface area contributed by atoms with Crippen LogP contribution in [0.2, 0.25) is 0 Å². The molecule has 0 bridgehead atoms. The van der Waals surface area contributed by atoms with Crippen molar-refractivity contribution in [2.45, 2.75) is 39.5 Å². The molecule has 2 amide bonds. The van der Waals surface area contributed by atoms with Gasteiger partial charge in [0.2, 0.25) is 5.91 Å². The minimum absolute atomic E-state index is 0.0584. The van der Waals surface area contributed by atoms with Crippen molar-refractivity contribution in [2.75, 3.05) is 24.4 Å². The maximum absolute atomic E-state index is 12.2. The van der Waals surface area contributed by atoms with Gasteiger partial charge in [-0.1, -0.05) is 44.2 Å². The lowest BCUT2D eigenvalue weighted by Crippen LogP contribution is -2.23. The van der Waals surface area contributed by atoms with Crippen LogP contribution >= 0.6 is 0 Å². The average Bonchev–Trinajstić information content (AvgIpc) is 2.76. The van der Waals surface area contributed by atoms with Crippen molar-refractivity contribution in [2.24, 2.45) is 0 Å². The SMILES string of the molecule is CCc1cccc(CC)c1NC(=O)COC(=O)CCC(=O)Nc1ccccc1OC. The molecule has 2 N–H and O–H groups in total.